The smallest absolute Gasteiger partial charge is 0.394 e. The van der Waals surface area contributed by atoms with Crippen LogP contribution in [0.4, 0.5) is 16.2 Å². The van der Waals surface area contributed by atoms with Crippen molar-refractivity contribution in [1.29, 1.82) is 0 Å². The van der Waals surface area contributed by atoms with Gasteiger partial charge in [0, 0.05) is 35.4 Å². The first kappa shape index (κ1) is 20.8. The van der Waals surface area contributed by atoms with Crippen LogP contribution in [-0.2, 0) is 0 Å². The van der Waals surface area contributed by atoms with Gasteiger partial charge in [-0.15, -0.1) is 0 Å². The number of hydrogen-bond acceptors (Lipinski definition) is 7. The predicted octanol–water partition coefficient (Wildman–Crippen LogP) is 5.33. The average Bonchev–Trinajstić information content (AvgIpc) is 2.61. The molecule has 0 bridgehead atoms. The fourth-order valence-electron chi connectivity index (χ4n) is 2.59. The molecule has 2 aromatic rings. The maximum absolute atomic E-state index is 12.3. The summed E-state index contributed by atoms with van der Waals surface area (Å²) in [6.07, 6.45) is -1.04. The Morgan fingerprint density at radius 2 is 1.14 bits per heavy atom. The number of hydrogen-bond donors (Lipinski definition) is 0. The van der Waals surface area contributed by atoms with E-state index in [2.05, 4.69) is 0 Å². The third kappa shape index (κ3) is 4.81. The molecule has 0 fully saturated rings. The molecule has 9 nitrogen and oxygen atoms in total. The summed E-state index contributed by atoms with van der Waals surface area (Å²) in [5.41, 5.74) is 0.752. The molecule has 0 radical (unpaired) electrons. The van der Waals surface area contributed by atoms with Crippen molar-refractivity contribution in [1.82, 2.24) is 0 Å². The van der Waals surface area contributed by atoms with Crippen molar-refractivity contribution in [2.45, 2.75) is 39.5 Å². The fraction of sp³-hybridized carbons (Fsp3) is 0.316. The number of carbonyl (C=O) groups is 1. The monoisotopic (exact) mass is 388 g/mol. The highest BCUT2D eigenvalue weighted by Crippen LogP contribution is 2.33. The Hall–Kier alpha value is -3.49. The Kier molecular flexibility index (Phi) is 6.29. The number of carbonyl (C=O) groups excluding carboxylic acids is 1. The van der Waals surface area contributed by atoms with Crippen molar-refractivity contribution in [3.8, 4) is 11.5 Å². The zero-order valence-electron chi connectivity index (χ0n) is 15.9. The Morgan fingerprint density at radius 3 is 1.43 bits per heavy atom. The van der Waals surface area contributed by atoms with Crippen LogP contribution in [-0.4, -0.2) is 16.0 Å². The van der Waals surface area contributed by atoms with Gasteiger partial charge >= 0.3 is 6.16 Å². The van der Waals surface area contributed by atoms with Crippen LogP contribution in [0.1, 0.15) is 50.7 Å². The average molecular weight is 388 g/mol. The molecule has 0 spiro atoms. The van der Waals surface area contributed by atoms with Gasteiger partial charge in [-0.2, -0.15) is 0 Å². The zero-order chi connectivity index (χ0) is 21.0. The number of nitro benzene ring substituents is 2. The lowest BCUT2D eigenvalue weighted by atomic mass is 10.0. The Balaban J connectivity index is 2.27. The molecule has 0 saturated heterocycles. The standard InChI is InChI=1S/C19H20N2O7/c1-11(2)15-9-13(20(23)24)5-7-17(15)27-19(22)28-18-8-6-14(21(25)26)10-16(18)12(3)4/h5-12H,1-4H3. The molecule has 0 aliphatic rings. The van der Waals surface area contributed by atoms with Gasteiger partial charge < -0.3 is 9.47 Å². The minimum absolute atomic E-state index is 0.109. The molecule has 28 heavy (non-hydrogen) atoms. The molecular weight excluding hydrogens is 368 g/mol. The first-order valence-electron chi connectivity index (χ1n) is 8.56. The minimum atomic E-state index is -1.04. The molecule has 148 valence electrons. The van der Waals surface area contributed by atoms with Gasteiger partial charge in [0.25, 0.3) is 11.4 Å². The number of ether oxygens (including phenoxy) is 2. The quantitative estimate of drug-likeness (QED) is 0.284. The van der Waals surface area contributed by atoms with Crippen molar-refractivity contribution in [3.63, 3.8) is 0 Å². The van der Waals surface area contributed by atoms with Gasteiger partial charge in [0.05, 0.1) is 9.85 Å². The molecule has 9 heteroatoms. The van der Waals surface area contributed by atoms with E-state index in [0.29, 0.717) is 11.1 Å². The first-order chi connectivity index (χ1) is 13.1. The van der Waals surface area contributed by atoms with Gasteiger partial charge in [0.15, 0.2) is 0 Å². The highest BCUT2D eigenvalue weighted by atomic mass is 16.7. The lowest BCUT2D eigenvalue weighted by Crippen LogP contribution is -2.16. The Morgan fingerprint density at radius 1 is 0.786 bits per heavy atom. The largest absolute Gasteiger partial charge is 0.519 e. The fourth-order valence-corrected chi connectivity index (χ4v) is 2.59. The zero-order valence-corrected chi connectivity index (χ0v) is 15.9. The highest BCUT2D eigenvalue weighted by Gasteiger charge is 2.20. The van der Waals surface area contributed by atoms with Gasteiger partial charge in [0.1, 0.15) is 11.5 Å². The van der Waals surface area contributed by atoms with Gasteiger partial charge in [-0.1, -0.05) is 27.7 Å². The van der Waals surface area contributed by atoms with Gasteiger partial charge in [0.2, 0.25) is 0 Å². The van der Waals surface area contributed by atoms with Crippen LogP contribution in [0.25, 0.3) is 0 Å². The molecule has 0 amide bonds. The van der Waals surface area contributed by atoms with E-state index in [9.17, 15) is 25.0 Å². The third-order valence-electron chi connectivity index (χ3n) is 4.04. The van der Waals surface area contributed by atoms with Gasteiger partial charge in [-0.05, 0) is 24.0 Å². The maximum atomic E-state index is 12.3. The van der Waals surface area contributed by atoms with E-state index in [4.69, 9.17) is 9.47 Å². The van der Waals surface area contributed by atoms with E-state index in [1.165, 1.54) is 36.4 Å². The van der Waals surface area contributed by atoms with E-state index in [0.717, 1.165) is 0 Å². The van der Waals surface area contributed by atoms with Crippen molar-refractivity contribution in [2.24, 2.45) is 0 Å². The molecule has 0 atom stereocenters. The number of non-ortho nitro benzene ring substituents is 2. The number of nitro groups is 2. The summed E-state index contributed by atoms with van der Waals surface area (Å²) < 4.78 is 10.5. The molecule has 0 aromatic heterocycles. The summed E-state index contributed by atoms with van der Waals surface area (Å²) in [4.78, 5) is 33.1. The number of benzene rings is 2. The SMILES string of the molecule is CC(C)c1cc([N+](=O)[O-])ccc1OC(=O)Oc1ccc([N+](=O)[O-])cc1C(C)C. The second kappa shape index (κ2) is 8.47. The summed E-state index contributed by atoms with van der Waals surface area (Å²) in [5, 5.41) is 21.9. The first-order valence-corrected chi connectivity index (χ1v) is 8.56. The van der Waals surface area contributed by atoms with Crippen LogP contribution in [0.3, 0.4) is 0 Å². The molecule has 0 aliphatic heterocycles. The van der Waals surface area contributed by atoms with E-state index < -0.39 is 16.0 Å². The van der Waals surface area contributed by atoms with Crippen LogP contribution in [0.5, 0.6) is 11.5 Å². The van der Waals surface area contributed by atoms with Crippen LogP contribution in [0.2, 0.25) is 0 Å². The van der Waals surface area contributed by atoms with Crippen LogP contribution >= 0.6 is 0 Å². The van der Waals surface area contributed by atoms with Crippen molar-refractivity contribution in [2.75, 3.05) is 0 Å². The third-order valence-corrected chi connectivity index (χ3v) is 4.04. The summed E-state index contributed by atoms with van der Waals surface area (Å²) in [6, 6.07) is 7.85. The summed E-state index contributed by atoms with van der Waals surface area (Å²) >= 11 is 0. The molecule has 2 aromatic carbocycles. The van der Waals surface area contributed by atoms with Crippen LogP contribution in [0, 0.1) is 20.2 Å². The molecule has 0 saturated carbocycles. The normalized spacial score (nSPS) is 10.8. The van der Waals surface area contributed by atoms with Crippen LogP contribution < -0.4 is 9.47 Å². The Labute approximate surface area is 161 Å². The molecule has 0 aliphatic carbocycles. The molecule has 0 heterocycles. The summed E-state index contributed by atoms with van der Waals surface area (Å²) in [6.45, 7) is 7.24. The van der Waals surface area contributed by atoms with E-state index in [1.54, 1.807) is 0 Å². The second-order valence-corrected chi connectivity index (χ2v) is 6.72. The topological polar surface area (TPSA) is 122 Å². The Bertz CT molecular complexity index is 849. The van der Waals surface area contributed by atoms with E-state index in [1.807, 2.05) is 27.7 Å². The predicted molar refractivity (Wildman–Crippen MR) is 101 cm³/mol. The van der Waals surface area contributed by atoms with Gasteiger partial charge in [-0.25, -0.2) is 4.79 Å². The lowest BCUT2D eigenvalue weighted by Gasteiger charge is -2.15. The molecule has 2 rings (SSSR count). The van der Waals surface area contributed by atoms with Gasteiger partial charge in [-0.3, -0.25) is 20.2 Å². The van der Waals surface area contributed by atoms with Crippen LogP contribution in [0.15, 0.2) is 36.4 Å². The summed E-state index contributed by atoms with van der Waals surface area (Å²) in [5.74, 6) is 0.0406. The maximum Gasteiger partial charge on any atom is 0.519 e. The number of nitrogens with zero attached hydrogens (tertiary/aromatic N) is 2. The van der Waals surface area contributed by atoms with Crippen molar-refractivity contribution in [3.05, 3.63) is 67.8 Å². The lowest BCUT2D eigenvalue weighted by molar-refractivity contribution is -0.385. The second-order valence-electron chi connectivity index (χ2n) is 6.72. The number of rotatable bonds is 6. The summed E-state index contributed by atoms with van der Waals surface area (Å²) in [7, 11) is 0. The van der Waals surface area contributed by atoms with E-state index in [-0.39, 0.29) is 34.7 Å². The highest BCUT2D eigenvalue weighted by molar-refractivity contribution is 5.69. The minimum Gasteiger partial charge on any atom is -0.394 e. The molecule has 0 N–H and O–H groups in total. The molecular formula is C19H20N2O7. The van der Waals surface area contributed by atoms with Crippen molar-refractivity contribution >= 4 is 17.5 Å². The van der Waals surface area contributed by atoms with E-state index >= 15 is 0 Å². The molecule has 0 unspecified atom stereocenters. The van der Waals surface area contributed by atoms with Crippen molar-refractivity contribution < 1.29 is 24.1 Å².